The number of aryl methyl sites for hydroxylation is 1. The zero-order valence-corrected chi connectivity index (χ0v) is 15.8. The van der Waals surface area contributed by atoms with Gasteiger partial charge < -0.3 is 0 Å². The molecule has 4 aromatic rings. The Morgan fingerprint density at radius 1 is 1.00 bits per heavy atom. The lowest BCUT2D eigenvalue weighted by atomic mass is 10.2. The summed E-state index contributed by atoms with van der Waals surface area (Å²) < 4.78 is 1.02. The van der Waals surface area contributed by atoms with Crippen molar-refractivity contribution in [2.75, 3.05) is 0 Å². The highest BCUT2D eigenvalue weighted by molar-refractivity contribution is 9.10. The first kappa shape index (κ1) is 16.1. The molecule has 124 valence electrons. The van der Waals surface area contributed by atoms with E-state index in [2.05, 4.69) is 67.5 Å². The Bertz CT molecular complexity index is 907. The molecule has 0 amide bonds. The van der Waals surface area contributed by atoms with E-state index in [9.17, 15) is 0 Å². The Hall–Kier alpha value is -2.38. The summed E-state index contributed by atoms with van der Waals surface area (Å²) in [5.41, 5.74) is 4.24. The van der Waals surface area contributed by atoms with Gasteiger partial charge in [-0.25, -0.2) is 4.98 Å². The van der Waals surface area contributed by atoms with Gasteiger partial charge in [-0.3, -0.25) is 0 Å². The number of rotatable bonds is 4. The molecule has 0 aliphatic carbocycles. The molecular weight excluding hydrogens is 398 g/mol. The lowest BCUT2D eigenvalue weighted by molar-refractivity contribution is 0.566. The summed E-state index contributed by atoms with van der Waals surface area (Å²) in [6.45, 7) is 2.59. The van der Waals surface area contributed by atoms with Crippen LogP contribution in [0.2, 0.25) is 0 Å². The molecular formula is C18H14BrN5S. The number of hydrogen-bond acceptors (Lipinski definition) is 5. The van der Waals surface area contributed by atoms with E-state index in [0.717, 1.165) is 26.3 Å². The monoisotopic (exact) mass is 411 g/mol. The van der Waals surface area contributed by atoms with Crippen LogP contribution in [0.1, 0.15) is 11.3 Å². The topological polar surface area (TPSA) is 56.5 Å². The van der Waals surface area contributed by atoms with Gasteiger partial charge in [0.2, 0.25) is 5.82 Å². The van der Waals surface area contributed by atoms with Crippen LogP contribution < -0.4 is 0 Å². The van der Waals surface area contributed by atoms with Gasteiger partial charge in [0.1, 0.15) is 11.6 Å². The highest BCUT2D eigenvalue weighted by atomic mass is 79.9. The molecule has 7 heteroatoms. The molecule has 0 atom stereocenters. The van der Waals surface area contributed by atoms with E-state index in [1.165, 1.54) is 5.56 Å². The van der Waals surface area contributed by atoms with Crippen LogP contribution >= 0.6 is 27.3 Å². The molecule has 0 aliphatic heterocycles. The molecule has 2 aromatic heterocycles. The van der Waals surface area contributed by atoms with Crippen LogP contribution in [0.5, 0.6) is 0 Å². The van der Waals surface area contributed by atoms with E-state index in [0.29, 0.717) is 12.4 Å². The highest BCUT2D eigenvalue weighted by Crippen LogP contribution is 2.24. The predicted octanol–water partition coefficient (Wildman–Crippen LogP) is 4.58. The minimum atomic E-state index is 0.506. The summed E-state index contributed by atoms with van der Waals surface area (Å²) in [6.07, 6.45) is 0. The van der Waals surface area contributed by atoms with Gasteiger partial charge in [0.25, 0.3) is 0 Å². The van der Waals surface area contributed by atoms with Crippen molar-refractivity contribution in [3.05, 3.63) is 69.6 Å². The summed E-state index contributed by atoms with van der Waals surface area (Å²) in [5.74, 6) is 0.612. The zero-order chi connectivity index (χ0) is 17.2. The number of tetrazole rings is 1. The fourth-order valence-corrected chi connectivity index (χ4v) is 3.46. The summed E-state index contributed by atoms with van der Waals surface area (Å²) in [7, 11) is 0. The third-order valence-corrected chi connectivity index (χ3v) is 5.18. The van der Waals surface area contributed by atoms with Gasteiger partial charge in [0.15, 0.2) is 0 Å². The predicted molar refractivity (Wildman–Crippen MR) is 102 cm³/mol. The van der Waals surface area contributed by atoms with Crippen molar-refractivity contribution < 1.29 is 0 Å². The van der Waals surface area contributed by atoms with Gasteiger partial charge >= 0.3 is 0 Å². The Kier molecular flexibility index (Phi) is 4.42. The maximum Gasteiger partial charge on any atom is 0.204 e. The van der Waals surface area contributed by atoms with E-state index in [1.807, 2.05) is 29.6 Å². The summed E-state index contributed by atoms with van der Waals surface area (Å²) in [4.78, 5) is 6.26. The maximum absolute atomic E-state index is 4.68. The Balaban J connectivity index is 1.51. The van der Waals surface area contributed by atoms with Crippen LogP contribution in [0.3, 0.4) is 0 Å². The molecule has 0 fully saturated rings. The first-order valence-electron chi connectivity index (χ1n) is 7.72. The minimum absolute atomic E-state index is 0.506. The summed E-state index contributed by atoms with van der Waals surface area (Å²) in [5, 5.41) is 15.7. The van der Waals surface area contributed by atoms with E-state index >= 15 is 0 Å². The third kappa shape index (κ3) is 3.67. The van der Waals surface area contributed by atoms with E-state index in [1.54, 1.807) is 16.1 Å². The maximum atomic E-state index is 4.68. The number of aromatic nitrogens is 5. The van der Waals surface area contributed by atoms with Crippen LogP contribution in [-0.2, 0) is 6.54 Å². The first-order valence-corrected chi connectivity index (χ1v) is 9.40. The lowest BCUT2D eigenvalue weighted by Crippen LogP contribution is -2.04. The fourth-order valence-electron chi connectivity index (χ4n) is 2.38. The molecule has 0 saturated carbocycles. The number of hydrogen-bond donors (Lipinski definition) is 0. The highest BCUT2D eigenvalue weighted by Gasteiger charge is 2.09. The molecule has 5 nitrogen and oxygen atoms in total. The van der Waals surface area contributed by atoms with Crippen LogP contribution in [0.25, 0.3) is 22.0 Å². The smallest absolute Gasteiger partial charge is 0.204 e. The van der Waals surface area contributed by atoms with Crippen LogP contribution in [0.15, 0.2) is 58.4 Å². The molecule has 0 aliphatic rings. The second-order valence-electron chi connectivity index (χ2n) is 5.66. The van der Waals surface area contributed by atoms with Crippen molar-refractivity contribution in [2.45, 2.75) is 13.5 Å². The Labute approximate surface area is 157 Å². The van der Waals surface area contributed by atoms with Crippen LogP contribution in [-0.4, -0.2) is 25.2 Å². The molecule has 0 unspecified atom stereocenters. The quantitative estimate of drug-likeness (QED) is 0.492. The van der Waals surface area contributed by atoms with E-state index in [4.69, 9.17) is 0 Å². The molecule has 0 bridgehead atoms. The van der Waals surface area contributed by atoms with Gasteiger partial charge in [-0.2, -0.15) is 4.80 Å². The van der Waals surface area contributed by atoms with Crippen LogP contribution in [0, 0.1) is 6.92 Å². The van der Waals surface area contributed by atoms with Crippen molar-refractivity contribution >= 4 is 27.3 Å². The molecule has 4 rings (SSSR count). The SMILES string of the molecule is Cc1ccc(-c2nc(Cn3nnc(-c4ccc(Br)cc4)n3)cs2)cc1. The summed E-state index contributed by atoms with van der Waals surface area (Å²) in [6, 6.07) is 16.2. The van der Waals surface area contributed by atoms with Gasteiger partial charge in [-0.05, 0) is 36.4 Å². The molecule has 2 aromatic carbocycles. The summed E-state index contributed by atoms with van der Waals surface area (Å²) >= 11 is 5.05. The molecule has 0 spiro atoms. The average Bonchev–Trinajstić information content (AvgIpc) is 3.27. The number of halogens is 1. The van der Waals surface area contributed by atoms with Crippen molar-refractivity contribution in [3.8, 4) is 22.0 Å². The lowest BCUT2D eigenvalue weighted by Gasteiger charge is -1.97. The average molecular weight is 412 g/mol. The van der Waals surface area contributed by atoms with Crippen molar-refractivity contribution in [3.63, 3.8) is 0 Å². The zero-order valence-electron chi connectivity index (χ0n) is 13.4. The van der Waals surface area contributed by atoms with Gasteiger partial charge in [-0.1, -0.05) is 45.8 Å². The van der Waals surface area contributed by atoms with E-state index in [-0.39, 0.29) is 0 Å². The van der Waals surface area contributed by atoms with Gasteiger partial charge in [0.05, 0.1) is 5.69 Å². The van der Waals surface area contributed by atoms with Gasteiger partial charge in [0, 0.05) is 21.0 Å². The van der Waals surface area contributed by atoms with E-state index < -0.39 is 0 Å². The standard InChI is InChI=1S/C18H14BrN5S/c1-12-2-4-14(5-3-12)18-20-16(11-25-18)10-24-22-17(21-23-24)13-6-8-15(19)9-7-13/h2-9,11H,10H2,1H3. The van der Waals surface area contributed by atoms with Crippen LogP contribution in [0.4, 0.5) is 0 Å². The normalized spacial score (nSPS) is 11.0. The third-order valence-electron chi connectivity index (χ3n) is 3.71. The Morgan fingerprint density at radius 3 is 2.48 bits per heavy atom. The molecule has 0 saturated heterocycles. The number of nitrogens with zero attached hydrogens (tertiary/aromatic N) is 5. The Morgan fingerprint density at radius 2 is 1.72 bits per heavy atom. The molecule has 25 heavy (non-hydrogen) atoms. The van der Waals surface area contributed by atoms with Crippen molar-refractivity contribution in [1.82, 2.24) is 25.2 Å². The molecule has 2 heterocycles. The number of thiazole rings is 1. The van der Waals surface area contributed by atoms with Crippen molar-refractivity contribution in [1.29, 1.82) is 0 Å². The largest absolute Gasteiger partial charge is 0.239 e. The second kappa shape index (κ2) is 6.85. The fraction of sp³-hybridized carbons (Fsp3) is 0.111. The van der Waals surface area contributed by atoms with Crippen molar-refractivity contribution in [2.24, 2.45) is 0 Å². The minimum Gasteiger partial charge on any atom is -0.239 e. The number of benzene rings is 2. The first-order chi connectivity index (χ1) is 12.2. The molecule has 0 radical (unpaired) electrons. The second-order valence-corrected chi connectivity index (χ2v) is 7.43. The van der Waals surface area contributed by atoms with Gasteiger partial charge in [-0.15, -0.1) is 21.5 Å². The molecule has 0 N–H and O–H groups in total.